The van der Waals surface area contributed by atoms with E-state index in [1.165, 1.54) is 6.07 Å². The number of rotatable bonds is 7. The molecule has 3 heteroatoms. The van der Waals surface area contributed by atoms with E-state index in [1.54, 1.807) is 6.07 Å². The first-order chi connectivity index (χ1) is 8.56. The van der Waals surface area contributed by atoms with Gasteiger partial charge >= 0.3 is 0 Å². The van der Waals surface area contributed by atoms with E-state index >= 15 is 0 Å². The third-order valence-corrected chi connectivity index (χ3v) is 4.51. The molecular weight excluding hydrogens is 245 g/mol. The van der Waals surface area contributed by atoms with Crippen LogP contribution in [0.2, 0.25) is 0 Å². The minimum absolute atomic E-state index is 0.117. The molecule has 0 bridgehead atoms. The highest BCUT2D eigenvalue weighted by molar-refractivity contribution is 7.80. The molecule has 1 aromatic rings. The molecule has 1 aromatic carbocycles. The molecule has 0 aliphatic carbocycles. The lowest BCUT2D eigenvalue weighted by molar-refractivity contribution is 0.178. The third kappa shape index (κ3) is 3.99. The van der Waals surface area contributed by atoms with Gasteiger partial charge in [0, 0.05) is 18.7 Å². The Balaban J connectivity index is 2.66. The van der Waals surface area contributed by atoms with Crippen molar-refractivity contribution in [3.05, 3.63) is 35.6 Å². The standard InChI is InChI=1S/C15H24FNS/c1-4-15(5-2,12-18)11-17(3)10-13-8-6-7-9-14(13)16/h6-9,18H,4-5,10-12H2,1-3H3. The zero-order chi connectivity index (χ0) is 13.6. The topological polar surface area (TPSA) is 3.24 Å². The molecule has 0 saturated carbocycles. The van der Waals surface area contributed by atoms with Crippen LogP contribution in [-0.4, -0.2) is 24.2 Å². The SMILES string of the molecule is CCC(CC)(CS)CN(C)Cc1ccccc1F. The fraction of sp³-hybridized carbons (Fsp3) is 0.600. The van der Waals surface area contributed by atoms with E-state index in [1.807, 2.05) is 12.1 Å². The first kappa shape index (κ1) is 15.5. The van der Waals surface area contributed by atoms with E-state index in [-0.39, 0.29) is 11.2 Å². The summed E-state index contributed by atoms with van der Waals surface area (Å²) >= 11 is 4.48. The Morgan fingerprint density at radius 3 is 2.33 bits per heavy atom. The Labute approximate surface area is 116 Å². The van der Waals surface area contributed by atoms with Gasteiger partial charge in [0.2, 0.25) is 0 Å². The summed E-state index contributed by atoms with van der Waals surface area (Å²) in [5, 5.41) is 0. The number of hydrogen-bond acceptors (Lipinski definition) is 2. The molecule has 0 aromatic heterocycles. The van der Waals surface area contributed by atoms with Crippen LogP contribution in [-0.2, 0) is 6.54 Å². The Kier molecular flexibility index (Phi) is 6.16. The minimum atomic E-state index is -0.117. The van der Waals surface area contributed by atoms with Gasteiger partial charge in [-0.15, -0.1) is 0 Å². The minimum Gasteiger partial charge on any atom is -0.301 e. The predicted molar refractivity (Wildman–Crippen MR) is 79.6 cm³/mol. The molecule has 0 N–H and O–H groups in total. The molecular formula is C15H24FNS. The summed E-state index contributed by atoms with van der Waals surface area (Å²) in [6.45, 7) is 6.02. The van der Waals surface area contributed by atoms with Crippen molar-refractivity contribution in [2.45, 2.75) is 33.2 Å². The number of halogens is 1. The summed E-state index contributed by atoms with van der Waals surface area (Å²) in [7, 11) is 2.05. The molecule has 18 heavy (non-hydrogen) atoms. The Bertz CT molecular complexity index is 355. The van der Waals surface area contributed by atoms with Gasteiger partial charge in [0.25, 0.3) is 0 Å². The number of thiol groups is 1. The van der Waals surface area contributed by atoms with Gasteiger partial charge in [-0.2, -0.15) is 12.6 Å². The average Bonchev–Trinajstić information content (AvgIpc) is 2.39. The van der Waals surface area contributed by atoms with E-state index in [9.17, 15) is 4.39 Å². The molecule has 1 nitrogen and oxygen atoms in total. The van der Waals surface area contributed by atoms with Crippen LogP contribution in [0, 0.1) is 11.2 Å². The second kappa shape index (κ2) is 7.15. The fourth-order valence-corrected chi connectivity index (χ4v) is 2.84. The highest BCUT2D eigenvalue weighted by Gasteiger charge is 2.26. The number of hydrogen-bond donors (Lipinski definition) is 1. The quantitative estimate of drug-likeness (QED) is 0.732. The van der Waals surface area contributed by atoms with Crippen LogP contribution < -0.4 is 0 Å². The van der Waals surface area contributed by atoms with E-state index in [2.05, 4.69) is 38.4 Å². The van der Waals surface area contributed by atoms with Gasteiger partial charge in [0.1, 0.15) is 5.82 Å². The predicted octanol–water partition coefficient (Wildman–Crippen LogP) is 3.99. The molecule has 0 spiro atoms. The second-order valence-electron chi connectivity index (χ2n) is 5.13. The van der Waals surface area contributed by atoms with Gasteiger partial charge in [0.05, 0.1) is 0 Å². The Hall–Kier alpha value is -0.540. The molecule has 0 atom stereocenters. The molecule has 1 rings (SSSR count). The monoisotopic (exact) mass is 269 g/mol. The lowest BCUT2D eigenvalue weighted by Gasteiger charge is -2.34. The lowest BCUT2D eigenvalue weighted by atomic mass is 9.84. The zero-order valence-electron chi connectivity index (χ0n) is 11.6. The van der Waals surface area contributed by atoms with Crippen LogP contribution in [0.5, 0.6) is 0 Å². The zero-order valence-corrected chi connectivity index (χ0v) is 12.5. The van der Waals surface area contributed by atoms with Crippen molar-refractivity contribution in [3.8, 4) is 0 Å². The molecule has 0 radical (unpaired) electrons. The van der Waals surface area contributed by atoms with Crippen LogP contribution in [0.3, 0.4) is 0 Å². The van der Waals surface area contributed by atoms with Gasteiger partial charge in [-0.1, -0.05) is 32.0 Å². The van der Waals surface area contributed by atoms with E-state index in [0.717, 1.165) is 30.7 Å². The van der Waals surface area contributed by atoms with Crippen molar-refractivity contribution in [2.75, 3.05) is 19.3 Å². The summed E-state index contributed by atoms with van der Waals surface area (Å²) in [5.74, 6) is 0.760. The van der Waals surface area contributed by atoms with E-state index in [0.29, 0.717) is 6.54 Å². The number of nitrogens with zero attached hydrogens (tertiary/aromatic N) is 1. The summed E-state index contributed by atoms with van der Waals surface area (Å²) in [6.07, 6.45) is 2.21. The molecule has 0 unspecified atom stereocenters. The van der Waals surface area contributed by atoms with Crippen molar-refractivity contribution < 1.29 is 4.39 Å². The maximum atomic E-state index is 13.6. The summed E-state index contributed by atoms with van der Waals surface area (Å²) in [5.41, 5.74) is 1.00. The Morgan fingerprint density at radius 1 is 1.22 bits per heavy atom. The number of benzene rings is 1. The van der Waals surface area contributed by atoms with Gasteiger partial charge in [-0.25, -0.2) is 4.39 Å². The molecule has 0 saturated heterocycles. The molecule has 0 heterocycles. The summed E-state index contributed by atoms with van der Waals surface area (Å²) in [6, 6.07) is 6.99. The van der Waals surface area contributed by atoms with Crippen molar-refractivity contribution in [2.24, 2.45) is 5.41 Å². The van der Waals surface area contributed by atoms with Gasteiger partial charge in [-0.05, 0) is 37.1 Å². The third-order valence-electron chi connectivity index (χ3n) is 3.84. The van der Waals surface area contributed by atoms with Crippen molar-refractivity contribution in [1.29, 1.82) is 0 Å². The van der Waals surface area contributed by atoms with Crippen LogP contribution in [0.25, 0.3) is 0 Å². The first-order valence-corrected chi connectivity index (χ1v) is 7.23. The van der Waals surface area contributed by atoms with Crippen LogP contribution in [0.15, 0.2) is 24.3 Å². The highest BCUT2D eigenvalue weighted by Crippen LogP contribution is 2.29. The highest BCUT2D eigenvalue weighted by atomic mass is 32.1. The van der Waals surface area contributed by atoms with Gasteiger partial charge < -0.3 is 4.90 Å². The molecule has 0 amide bonds. The van der Waals surface area contributed by atoms with Gasteiger partial charge in [-0.3, -0.25) is 0 Å². The molecule has 0 aliphatic rings. The second-order valence-corrected chi connectivity index (χ2v) is 5.45. The fourth-order valence-electron chi connectivity index (χ4n) is 2.29. The molecule has 102 valence electrons. The van der Waals surface area contributed by atoms with Crippen molar-refractivity contribution in [1.82, 2.24) is 4.90 Å². The van der Waals surface area contributed by atoms with E-state index in [4.69, 9.17) is 0 Å². The van der Waals surface area contributed by atoms with Crippen molar-refractivity contribution >= 4 is 12.6 Å². The average molecular weight is 269 g/mol. The van der Waals surface area contributed by atoms with Crippen LogP contribution in [0.1, 0.15) is 32.3 Å². The largest absolute Gasteiger partial charge is 0.301 e. The Morgan fingerprint density at radius 2 is 1.83 bits per heavy atom. The molecule has 0 aliphatic heterocycles. The van der Waals surface area contributed by atoms with Crippen LogP contribution >= 0.6 is 12.6 Å². The maximum absolute atomic E-state index is 13.6. The summed E-state index contributed by atoms with van der Waals surface area (Å²) < 4.78 is 13.6. The maximum Gasteiger partial charge on any atom is 0.127 e. The summed E-state index contributed by atoms with van der Waals surface area (Å²) in [4.78, 5) is 2.20. The molecule has 0 fully saturated rings. The normalized spacial score (nSPS) is 12.1. The van der Waals surface area contributed by atoms with E-state index < -0.39 is 0 Å². The van der Waals surface area contributed by atoms with Crippen LogP contribution in [0.4, 0.5) is 4.39 Å². The smallest absolute Gasteiger partial charge is 0.127 e. The lowest BCUT2D eigenvalue weighted by Crippen LogP contribution is -2.36. The van der Waals surface area contributed by atoms with Crippen molar-refractivity contribution in [3.63, 3.8) is 0 Å². The first-order valence-electron chi connectivity index (χ1n) is 6.59. The van der Waals surface area contributed by atoms with Gasteiger partial charge in [0.15, 0.2) is 0 Å².